The summed E-state index contributed by atoms with van der Waals surface area (Å²) in [6.45, 7) is 3.38. The highest BCUT2D eigenvalue weighted by Crippen LogP contribution is 2.32. The minimum absolute atomic E-state index is 0.124. The van der Waals surface area contributed by atoms with Gasteiger partial charge in [0.25, 0.3) is 5.69 Å². The van der Waals surface area contributed by atoms with Crippen LogP contribution in [-0.2, 0) is 11.2 Å². The quantitative estimate of drug-likeness (QED) is 0.592. The molecule has 0 spiro atoms. The van der Waals surface area contributed by atoms with E-state index >= 15 is 0 Å². The summed E-state index contributed by atoms with van der Waals surface area (Å²) in [7, 11) is 0. The largest absolute Gasteiger partial charge is 0.299 e. The molecule has 1 aliphatic rings. The van der Waals surface area contributed by atoms with E-state index in [1.165, 1.54) is 6.20 Å². The van der Waals surface area contributed by atoms with E-state index in [1.54, 1.807) is 13.8 Å². The Morgan fingerprint density at radius 1 is 1.50 bits per heavy atom. The van der Waals surface area contributed by atoms with Crippen LogP contribution in [0.15, 0.2) is 6.20 Å². The molecule has 1 heterocycles. The van der Waals surface area contributed by atoms with Crippen LogP contribution in [0, 0.1) is 29.9 Å². The van der Waals surface area contributed by atoms with Crippen molar-refractivity contribution in [1.82, 2.24) is 4.98 Å². The van der Waals surface area contributed by atoms with Gasteiger partial charge in [-0.15, -0.1) is 0 Å². The molecule has 2 rings (SSSR count). The topological polar surface area (TPSA) is 73.1 Å². The fourth-order valence-electron chi connectivity index (χ4n) is 2.15. The van der Waals surface area contributed by atoms with Gasteiger partial charge < -0.3 is 0 Å². The standard InChI is InChI=1S/C13H16N2O3/c1-8-7-14-11(9(2)13(8)15(17)18)5-6-12(16)10-3-4-10/h7,10H,3-6H2,1-2H3. The van der Waals surface area contributed by atoms with Crippen LogP contribution in [0.1, 0.15) is 36.1 Å². The molecule has 0 saturated heterocycles. The number of aromatic nitrogens is 1. The van der Waals surface area contributed by atoms with Crippen molar-refractivity contribution >= 4 is 11.5 Å². The maximum absolute atomic E-state index is 11.6. The van der Waals surface area contributed by atoms with Gasteiger partial charge in [-0.1, -0.05) is 0 Å². The molecule has 0 unspecified atom stereocenters. The molecule has 0 aliphatic heterocycles. The Balaban J connectivity index is 2.15. The van der Waals surface area contributed by atoms with Crippen molar-refractivity contribution in [3.8, 4) is 0 Å². The predicted molar refractivity (Wildman–Crippen MR) is 66.4 cm³/mol. The fourth-order valence-corrected chi connectivity index (χ4v) is 2.15. The molecule has 0 bridgehead atoms. The van der Waals surface area contributed by atoms with Crippen LogP contribution in [0.5, 0.6) is 0 Å². The van der Waals surface area contributed by atoms with Crippen LogP contribution in [0.4, 0.5) is 5.69 Å². The number of nitrogens with zero attached hydrogens (tertiary/aromatic N) is 2. The second-order valence-electron chi connectivity index (χ2n) is 4.86. The van der Waals surface area contributed by atoms with Gasteiger partial charge in [-0.05, 0) is 33.1 Å². The molecule has 1 aromatic rings. The number of carbonyl (C=O) groups is 1. The number of rotatable bonds is 5. The van der Waals surface area contributed by atoms with Crippen molar-refractivity contribution in [2.24, 2.45) is 5.92 Å². The summed E-state index contributed by atoms with van der Waals surface area (Å²) in [6, 6.07) is 0. The number of hydrogen-bond donors (Lipinski definition) is 0. The Kier molecular flexibility index (Phi) is 3.41. The Morgan fingerprint density at radius 2 is 2.17 bits per heavy atom. The lowest BCUT2D eigenvalue weighted by atomic mass is 10.0. The monoisotopic (exact) mass is 248 g/mol. The Morgan fingerprint density at radius 3 is 2.72 bits per heavy atom. The van der Waals surface area contributed by atoms with E-state index in [0.29, 0.717) is 29.7 Å². The molecule has 1 aliphatic carbocycles. The molecule has 0 radical (unpaired) electrons. The summed E-state index contributed by atoms with van der Waals surface area (Å²) in [5.41, 5.74) is 1.94. The van der Waals surface area contributed by atoms with E-state index in [0.717, 1.165) is 12.8 Å². The lowest BCUT2D eigenvalue weighted by Gasteiger charge is -2.06. The van der Waals surface area contributed by atoms with Crippen molar-refractivity contribution in [3.63, 3.8) is 0 Å². The summed E-state index contributed by atoms with van der Waals surface area (Å²) in [5.74, 6) is 0.505. The van der Waals surface area contributed by atoms with Crippen LogP contribution < -0.4 is 0 Å². The van der Waals surface area contributed by atoms with Gasteiger partial charge >= 0.3 is 0 Å². The number of hydrogen-bond acceptors (Lipinski definition) is 4. The maximum Gasteiger partial charge on any atom is 0.278 e. The minimum atomic E-state index is -0.376. The molecule has 5 nitrogen and oxygen atoms in total. The average Bonchev–Trinajstić information content (AvgIpc) is 3.11. The van der Waals surface area contributed by atoms with Crippen molar-refractivity contribution < 1.29 is 9.72 Å². The number of nitro groups is 1. The third-order valence-corrected chi connectivity index (χ3v) is 3.40. The fraction of sp³-hybridized carbons (Fsp3) is 0.538. The molecule has 1 saturated carbocycles. The van der Waals surface area contributed by atoms with E-state index in [9.17, 15) is 14.9 Å². The third-order valence-electron chi connectivity index (χ3n) is 3.40. The molecule has 1 fully saturated rings. The SMILES string of the molecule is Cc1cnc(CCC(=O)C2CC2)c(C)c1[N+](=O)[O-]. The number of carbonyl (C=O) groups excluding carboxylic acids is 1. The van der Waals surface area contributed by atoms with Gasteiger partial charge in [0.1, 0.15) is 5.78 Å². The second-order valence-corrected chi connectivity index (χ2v) is 4.86. The van der Waals surface area contributed by atoms with Gasteiger partial charge in [0.15, 0.2) is 0 Å². The van der Waals surface area contributed by atoms with Gasteiger partial charge in [0, 0.05) is 29.7 Å². The smallest absolute Gasteiger partial charge is 0.278 e. The van der Waals surface area contributed by atoms with Gasteiger partial charge in [-0.3, -0.25) is 19.9 Å². The highest BCUT2D eigenvalue weighted by Gasteiger charge is 2.29. The molecule has 5 heteroatoms. The number of Topliss-reactive ketones (excluding diaryl/α,β-unsaturated/α-hetero) is 1. The zero-order chi connectivity index (χ0) is 13.3. The van der Waals surface area contributed by atoms with Crippen LogP contribution in [0.25, 0.3) is 0 Å². The second kappa shape index (κ2) is 4.84. The van der Waals surface area contributed by atoms with Crippen molar-refractivity contribution in [1.29, 1.82) is 0 Å². The summed E-state index contributed by atoms with van der Waals surface area (Å²) in [4.78, 5) is 26.4. The predicted octanol–water partition coefficient (Wildman–Crippen LogP) is 2.52. The Hall–Kier alpha value is -1.78. The van der Waals surface area contributed by atoms with E-state index in [2.05, 4.69) is 4.98 Å². The van der Waals surface area contributed by atoms with E-state index in [-0.39, 0.29) is 22.3 Å². The van der Waals surface area contributed by atoms with Crippen molar-refractivity contribution in [2.75, 3.05) is 0 Å². The Bertz CT molecular complexity index is 507. The molecule has 0 amide bonds. The molecule has 96 valence electrons. The van der Waals surface area contributed by atoms with Crippen LogP contribution in [0.2, 0.25) is 0 Å². The summed E-state index contributed by atoms with van der Waals surface area (Å²) >= 11 is 0. The van der Waals surface area contributed by atoms with E-state index < -0.39 is 0 Å². The molecule has 0 aromatic carbocycles. The summed E-state index contributed by atoms with van der Waals surface area (Å²) in [5, 5.41) is 11.0. The third kappa shape index (κ3) is 2.55. The lowest BCUT2D eigenvalue weighted by Crippen LogP contribution is -2.06. The first-order valence-corrected chi connectivity index (χ1v) is 6.13. The first-order valence-electron chi connectivity index (χ1n) is 6.13. The maximum atomic E-state index is 11.6. The highest BCUT2D eigenvalue weighted by molar-refractivity contribution is 5.83. The van der Waals surface area contributed by atoms with Crippen LogP contribution >= 0.6 is 0 Å². The highest BCUT2D eigenvalue weighted by atomic mass is 16.6. The van der Waals surface area contributed by atoms with Gasteiger partial charge in [0.05, 0.1) is 10.6 Å². The van der Waals surface area contributed by atoms with Crippen molar-refractivity contribution in [2.45, 2.75) is 39.5 Å². The van der Waals surface area contributed by atoms with Crippen molar-refractivity contribution in [3.05, 3.63) is 33.1 Å². The minimum Gasteiger partial charge on any atom is -0.299 e. The molecule has 1 aromatic heterocycles. The zero-order valence-corrected chi connectivity index (χ0v) is 10.6. The van der Waals surface area contributed by atoms with E-state index in [4.69, 9.17) is 0 Å². The van der Waals surface area contributed by atoms with Gasteiger partial charge in [-0.2, -0.15) is 0 Å². The van der Waals surface area contributed by atoms with Gasteiger partial charge in [0.2, 0.25) is 0 Å². The van der Waals surface area contributed by atoms with Crippen LogP contribution in [0.3, 0.4) is 0 Å². The van der Waals surface area contributed by atoms with E-state index in [1.807, 2.05) is 0 Å². The molecule has 0 atom stereocenters. The number of aryl methyl sites for hydroxylation is 2. The van der Waals surface area contributed by atoms with Crippen LogP contribution in [-0.4, -0.2) is 15.7 Å². The summed E-state index contributed by atoms with van der Waals surface area (Å²) < 4.78 is 0. The number of pyridine rings is 1. The Labute approximate surface area is 105 Å². The zero-order valence-electron chi connectivity index (χ0n) is 10.6. The molecular weight excluding hydrogens is 232 g/mol. The first kappa shape index (κ1) is 12.7. The molecule has 18 heavy (non-hydrogen) atoms. The molecular formula is C13H16N2O3. The lowest BCUT2D eigenvalue weighted by molar-refractivity contribution is -0.386. The summed E-state index contributed by atoms with van der Waals surface area (Å²) in [6.07, 6.45) is 4.46. The normalized spacial score (nSPS) is 14.6. The first-order chi connectivity index (χ1) is 8.50. The number of ketones is 1. The molecule has 0 N–H and O–H groups in total. The average molecular weight is 248 g/mol. The van der Waals surface area contributed by atoms with Gasteiger partial charge in [-0.25, -0.2) is 0 Å².